The first-order valence-electron chi connectivity index (χ1n) is 6.90. The molecule has 0 aromatic rings. The van der Waals surface area contributed by atoms with Crippen molar-refractivity contribution in [3.05, 3.63) is 0 Å². The number of carbonyl (C=O) groups is 1. The molecular weight excluding hydrogens is 216 g/mol. The number of rotatable bonds is 4. The summed E-state index contributed by atoms with van der Waals surface area (Å²) in [5, 5.41) is 12.1. The molecule has 2 rings (SSSR count). The van der Waals surface area contributed by atoms with Crippen molar-refractivity contribution >= 4 is 6.03 Å². The van der Waals surface area contributed by atoms with E-state index in [-0.39, 0.29) is 12.6 Å². The van der Waals surface area contributed by atoms with Gasteiger partial charge in [0.2, 0.25) is 0 Å². The van der Waals surface area contributed by atoms with Gasteiger partial charge in [-0.25, -0.2) is 4.79 Å². The molecule has 2 unspecified atom stereocenters. The van der Waals surface area contributed by atoms with E-state index >= 15 is 0 Å². The van der Waals surface area contributed by atoms with Gasteiger partial charge in [-0.2, -0.15) is 0 Å². The maximum Gasteiger partial charge on any atom is 0.317 e. The fourth-order valence-corrected chi connectivity index (χ4v) is 2.72. The molecule has 2 aliphatic carbocycles. The second-order valence-electron chi connectivity index (χ2n) is 5.47. The molecule has 0 aliphatic heterocycles. The van der Waals surface area contributed by atoms with E-state index in [0.29, 0.717) is 24.5 Å². The average Bonchev–Trinajstić information content (AvgIpc) is 3.13. The zero-order valence-electron chi connectivity index (χ0n) is 10.7. The molecule has 0 radical (unpaired) electrons. The van der Waals surface area contributed by atoms with Crippen LogP contribution in [0.1, 0.15) is 45.4 Å². The number of aliphatic hydroxyl groups excluding tert-OH is 1. The zero-order valence-corrected chi connectivity index (χ0v) is 10.7. The molecule has 2 saturated carbocycles. The fourth-order valence-electron chi connectivity index (χ4n) is 2.72. The van der Waals surface area contributed by atoms with Crippen LogP contribution in [0.2, 0.25) is 0 Å². The normalized spacial score (nSPS) is 28.8. The molecule has 2 aliphatic rings. The minimum absolute atomic E-state index is 0.0281. The van der Waals surface area contributed by atoms with Gasteiger partial charge >= 0.3 is 6.03 Å². The number of aliphatic hydroxyl groups is 1. The number of hydrogen-bond donors (Lipinski definition) is 2. The van der Waals surface area contributed by atoms with E-state index in [1.54, 1.807) is 4.90 Å². The Morgan fingerprint density at radius 3 is 2.59 bits per heavy atom. The Balaban J connectivity index is 1.85. The van der Waals surface area contributed by atoms with E-state index in [9.17, 15) is 4.79 Å². The average molecular weight is 240 g/mol. The lowest BCUT2D eigenvalue weighted by Crippen LogP contribution is -2.49. The van der Waals surface area contributed by atoms with Crippen LogP contribution in [0.25, 0.3) is 0 Å². The predicted molar refractivity (Wildman–Crippen MR) is 66.8 cm³/mol. The van der Waals surface area contributed by atoms with Gasteiger partial charge < -0.3 is 15.3 Å². The summed E-state index contributed by atoms with van der Waals surface area (Å²) in [5.41, 5.74) is 0. The van der Waals surface area contributed by atoms with Crippen molar-refractivity contribution in [2.75, 3.05) is 13.2 Å². The highest BCUT2D eigenvalue weighted by Gasteiger charge is 2.33. The lowest BCUT2D eigenvalue weighted by molar-refractivity contribution is 0.162. The third-order valence-electron chi connectivity index (χ3n) is 4.01. The summed E-state index contributed by atoms with van der Waals surface area (Å²) in [5.74, 6) is 0.586. The maximum atomic E-state index is 12.1. The van der Waals surface area contributed by atoms with Crippen molar-refractivity contribution in [2.45, 2.75) is 57.5 Å². The Bertz CT molecular complexity index is 266. The standard InChI is InChI=1S/C13H24N2O2/c1-10-4-2-3-5-12(10)14-13(17)15(8-9-16)11-6-7-11/h10-12,16H,2-9H2,1H3,(H,14,17). The first-order valence-corrected chi connectivity index (χ1v) is 6.90. The summed E-state index contributed by atoms with van der Waals surface area (Å²) >= 11 is 0. The molecule has 4 nitrogen and oxygen atoms in total. The third kappa shape index (κ3) is 3.35. The molecule has 0 spiro atoms. The van der Waals surface area contributed by atoms with Crippen LogP contribution in [0, 0.1) is 5.92 Å². The largest absolute Gasteiger partial charge is 0.395 e. The minimum Gasteiger partial charge on any atom is -0.395 e. The molecule has 2 atom stereocenters. The van der Waals surface area contributed by atoms with Crippen LogP contribution >= 0.6 is 0 Å². The van der Waals surface area contributed by atoms with Crippen LogP contribution in [0.15, 0.2) is 0 Å². The lowest BCUT2D eigenvalue weighted by atomic mass is 9.86. The van der Waals surface area contributed by atoms with Gasteiger partial charge in [-0.1, -0.05) is 19.8 Å². The summed E-state index contributed by atoms with van der Waals surface area (Å²) in [6.07, 6.45) is 7.01. The highest BCUT2D eigenvalue weighted by Crippen LogP contribution is 2.28. The lowest BCUT2D eigenvalue weighted by Gasteiger charge is -2.32. The maximum absolute atomic E-state index is 12.1. The van der Waals surface area contributed by atoms with Crippen LogP contribution in [-0.2, 0) is 0 Å². The van der Waals surface area contributed by atoms with Crippen LogP contribution < -0.4 is 5.32 Å². The van der Waals surface area contributed by atoms with Crippen LogP contribution in [0.5, 0.6) is 0 Å². The molecule has 2 amide bonds. The van der Waals surface area contributed by atoms with E-state index in [1.165, 1.54) is 19.3 Å². The monoisotopic (exact) mass is 240 g/mol. The molecule has 2 N–H and O–H groups in total. The molecule has 0 heterocycles. The fraction of sp³-hybridized carbons (Fsp3) is 0.923. The Morgan fingerprint density at radius 2 is 2.00 bits per heavy atom. The van der Waals surface area contributed by atoms with E-state index in [0.717, 1.165) is 19.3 Å². The topological polar surface area (TPSA) is 52.6 Å². The van der Waals surface area contributed by atoms with Crippen LogP contribution in [-0.4, -0.2) is 41.3 Å². The van der Waals surface area contributed by atoms with Crippen LogP contribution in [0.4, 0.5) is 4.79 Å². The van der Waals surface area contributed by atoms with Crippen molar-refractivity contribution in [2.24, 2.45) is 5.92 Å². The van der Waals surface area contributed by atoms with E-state index in [2.05, 4.69) is 12.2 Å². The molecular formula is C13H24N2O2. The summed E-state index contributed by atoms with van der Waals surface area (Å²) in [6.45, 7) is 2.75. The summed E-state index contributed by atoms with van der Waals surface area (Å²) < 4.78 is 0. The van der Waals surface area contributed by atoms with Gasteiger partial charge in [-0.3, -0.25) is 0 Å². The molecule has 2 fully saturated rings. The second kappa shape index (κ2) is 5.71. The van der Waals surface area contributed by atoms with Gasteiger partial charge in [0.05, 0.1) is 6.61 Å². The molecule has 0 bridgehead atoms. The van der Waals surface area contributed by atoms with Crippen molar-refractivity contribution in [3.63, 3.8) is 0 Å². The Hall–Kier alpha value is -0.770. The smallest absolute Gasteiger partial charge is 0.317 e. The first-order chi connectivity index (χ1) is 8.22. The van der Waals surface area contributed by atoms with Crippen molar-refractivity contribution in [1.29, 1.82) is 0 Å². The van der Waals surface area contributed by atoms with Crippen LogP contribution in [0.3, 0.4) is 0 Å². The van der Waals surface area contributed by atoms with E-state index < -0.39 is 0 Å². The molecule has 4 heteroatoms. The van der Waals surface area contributed by atoms with Gasteiger partial charge in [0.1, 0.15) is 0 Å². The third-order valence-corrected chi connectivity index (χ3v) is 4.01. The molecule has 17 heavy (non-hydrogen) atoms. The SMILES string of the molecule is CC1CCCCC1NC(=O)N(CCO)C1CC1. The number of nitrogens with zero attached hydrogens (tertiary/aromatic N) is 1. The number of urea groups is 1. The molecule has 0 saturated heterocycles. The Labute approximate surface area is 103 Å². The predicted octanol–water partition coefficient (Wildman–Crippen LogP) is 1.73. The number of hydrogen-bond acceptors (Lipinski definition) is 2. The van der Waals surface area contributed by atoms with Crippen molar-refractivity contribution in [1.82, 2.24) is 10.2 Å². The number of amides is 2. The zero-order chi connectivity index (χ0) is 12.3. The molecule has 98 valence electrons. The van der Waals surface area contributed by atoms with Crippen molar-refractivity contribution in [3.8, 4) is 0 Å². The highest BCUT2D eigenvalue weighted by atomic mass is 16.3. The van der Waals surface area contributed by atoms with Gasteiger partial charge in [-0.05, 0) is 31.6 Å². The quantitative estimate of drug-likeness (QED) is 0.786. The number of carbonyl (C=O) groups excluding carboxylic acids is 1. The number of nitrogens with one attached hydrogen (secondary N) is 1. The minimum atomic E-state index is 0.0281. The first kappa shape index (κ1) is 12.7. The Morgan fingerprint density at radius 1 is 1.29 bits per heavy atom. The summed E-state index contributed by atoms with van der Waals surface area (Å²) in [6, 6.07) is 0.734. The molecule has 0 aromatic heterocycles. The highest BCUT2D eigenvalue weighted by molar-refractivity contribution is 5.75. The Kier molecular flexibility index (Phi) is 4.26. The summed E-state index contributed by atoms with van der Waals surface area (Å²) in [7, 11) is 0. The molecule has 0 aromatic carbocycles. The van der Waals surface area contributed by atoms with Crippen molar-refractivity contribution < 1.29 is 9.90 Å². The van der Waals surface area contributed by atoms with Gasteiger partial charge in [0.25, 0.3) is 0 Å². The summed E-state index contributed by atoms with van der Waals surface area (Å²) in [4.78, 5) is 13.9. The van der Waals surface area contributed by atoms with Gasteiger partial charge in [0.15, 0.2) is 0 Å². The van der Waals surface area contributed by atoms with Gasteiger partial charge in [0, 0.05) is 18.6 Å². The second-order valence-corrected chi connectivity index (χ2v) is 5.47. The van der Waals surface area contributed by atoms with E-state index in [4.69, 9.17) is 5.11 Å². The van der Waals surface area contributed by atoms with E-state index in [1.807, 2.05) is 0 Å². The van der Waals surface area contributed by atoms with Gasteiger partial charge in [-0.15, -0.1) is 0 Å².